The van der Waals surface area contributed by atoms with Crippen molar-refractivity contribution in [2.24, 2.45) is 0 Å². The van der Waals surface area contributed by atoms with Crippen LogP contribution in [-0.2, 0) is 12.1 Å². The van der Waals surface area contributed by atoms with E-state index in [-0.39, 0.29) is 5.91 Å². The number of pyridine rings is 2. The highest BCUT2D eigenvalue weighted by molar-refractivity contribution is 6.30. The number of carbonyl (C=O) groups is 1. The lowest BCUT2D eigenvalue weighted by Crippen LogP contribution is -2.42. The minimum absolute atomic E-state index is 0.0622. The molecule has 0 radical (unpaired) electrons. The minimum atomic E-state index is -0.886. The summed E-state index contributed by atoms with van der Waals surface area (Å²) in [5.41, 5.74) is 5.05. The maximum Gasteiger partial charge on any atom is 0.253 e. The number of amides is 1. The molecule has 45 heavy (non-hydrogen) atoms. The average molecular weight is 618 g/mol. The van der Waals surface area contributed by atoms with Crippen molar-refractivity contribution in [1.82, 2.24) is 24.5 Å². The molecule has 7 rings (SSSR count). The van der Waals surface area contributed by atoms with Crippen molar-refractivity contribution in [2.45, 2.75) is 25.0 Å². The largest absolute Gasteiger partial charge is 0.385 e. The third kappa shape index (κ3) is 5.92. The Morgan fingerprint density at radius 2 is 1.78 bits per heavy atom. The molecule has 2 N–H and O–H groups in total. The van der Waals surface area contributed by atoms with Gasteiger partial charge in [0.15, 0.2) is 5.65 Å². The summed E-state index contributed by atoms with van der Waals surface area (Å²) in [5.74, 6) is 0.395. The number of carbonyl (C=O) groups excluding carboxylic acids is 1. The number of nitrogens with zero attached hydrogens (tertiary/aromatic N) is 6. The maximum absolute atomic E-state index is 13.2. The van der Waals surface area contributed by atoms with Crippen LogP contribution in [0, 0.1) is 0 Å². The van der Waals surface area contributed by atoms with Crippen LogP contribution < -0.4 is 10.2 Å². The van der Waals surface area contributed by atoms with Crippen LogP contribution in [0.1, 0.15) is 34.3 Å². The molecule has 1 amide bonds. The van der Waals surface area contributed by atoms with Crippen molar-refractivity contribution in [3.8, 4) is 0 Å². The molecule has 3 aromatic heterocycles. The van der Waals surface area contributed by atoms with E-state index in [0.717, 1.165) is 39.1 Å². The maximum atomic E-state index is 13.2. The Labute approximate surface area is 265 Å². The van der Waals surface area contributed by atoms with Crippen LogP contribution in [0.4, 0.5) is 17.3 Å². The van der Waals surface area contributed by atoms with Crippen LogP contribution in [0.5, 0.6) is 0 Å². The second kappa shape index (κ2) is 11.8. The molecule has 226 valence electrons. The molecule has 0 spiro atoms. The van der Waals surface area contributed by atoms with Gasteiger partial charge in [-0.15, -0.1) is 5.10 Å². The van der Waals surface area contributed by atoms with Crippen molar-refractivity contribution < 1.29 is 9.90 Å². The summed E-state index contributed by atoms with van der Waals surface area (Å²) in [5, 5.41) is 20.9. The SMILES string of the molecule is CN(Cc1ccc2ncccc2c1)C(=O)c1ccc(Nc2nc3c(N4CCC(O)(c5ccc(Cl)cc5)CC4)cccn3n2)cc1. The normalized spacial score (nSPS) is 14.5. The Morgan fingerprint density at radius 1 is 1.00 bits per heavy atom. The average Bonchev–Trinajstić information content (AvgIpc) is 3.48. The molecule has 10 heteroatoms. The summed E-state index contributed by atoms with van der Waals surface area (Å²) >= 11 is 6.05. The highest BCUT2D eigenvalue weighted by atomic mass is 35.5. The fourth-order valence-electron chi connectivity index (χ4n) is 5.97. The molecule has 6 aromatic rings. The highest BCUT2D eigenvalue weighted by Crippen LogP contribution is 2.36. The number of aliphatic hydroxyl groups is 1. The van der Waals surface area contributed by atoms with E-state index in [1.807, 2.05) is 91.1 Å². The molecular weight excluding hydrogens is 586 g/mol. The Bertz CT molecular complexity index is 1980. The smallest absolute Gasteiger partial charge is 0.253 e. The zero-order valence-electron chi connectivity index (χ0n) is 24.8. The number of hydrogen-bond acceptors (Lipinski definition) is 7. The molecule has 0 unspecified atom stereocenters. The second-order valence-electron chi connectivity index (χ2n) is 11.5. The summed E-state index contributed by atoms with van der Waals surface area (Å²) < 4.78 is 1.76. The van der Waals surface area contributed by atoms with Crippen molar-refractivity contribution in [3.63, 3.8) is 0 Å². The fraction of sp³-hybridized carbons (Fsp3) is 0.200. The van der Waals surface area contributed by atoms with Gasteiger partial charge in [-0.05, 0) is 90.7 Å². The predicted molar refractivity (Wildman–Crippen MR) is 177 cm³/mol. The van der Waals surface area contributed by atoms with E-state index in [4.69, 9.17) is 16.6 Å². The van der Waals surface area contributed by atoms with Gasteiger partial charge >= 0.3 is 0 Å². The van der Waals surface area contributed by atoms with E-state index >= 15 is 0 Å². The summed E-state index contributed by atoms with van der Waals surface area (Å²) in [7, 11) is 1.81. The van der Waals surface area contributed by atoms with Crippen LogP contribution in [0.3, 0.4) is 0 Å². The number of halogens is 1. The molecule has 4 heterocycles. The van der Waals surface area contributed by atoms with Gasteiger partial charge in [0, 0.05) is 60.7 Å². The van der Waals surface area contributed by atoms with Crippen molar-refractivity contribution in [1.29, 1.82) is 0 Å². The number of fused-ring (bicyclic) bond motifs is 2. The van der Waals surface area contributed by atoms with Crippen LogP contribution in [0.25, 0.3) is 16.6 Å². The first-order valence-electron chi connectivity index (χ1n) is 14.9. The van der Waals surface area contributed by atoms with E-state index < -0.39 is 5.60 Å². The number of hydrogen-bond donors (Lipinski definition) is 2. The number of aromatic nitrogens is 4. The zero-order valence-corrected chi connectivity index (χ0v) is 25.5. The summed E-state index contributed by atoms with van der Waals surface area (Å²) in [6.45, 7) is 1.85. The first-order valence-corrected chi connectivity index (χ1v) is 15.3. The van der Waals surface area contributed by atoms with Crippen LogP contribution in [0.2, 0.25) is 5.02 Å². The van der Waals surface area contributed by atoms with Crippen LogP contribution >= 0.6 is 11.6 Å². The van der Waals surface area contributed by atoms with Gasteiger partial charge < -0.3 is 20.2 Å². The van der Waals surface area contributed by atoms with Gasteiger partial charge in [0.1, 0.15) is 0 Å². The van der Waals surface area contributed by atoms with Crippen molar-refractivity contribution >= 4 is 51.4 Å². The molecule has 9 nitrogen and oxygen atoms in total. The number of piperidine rings is 1. The summed E-state index contributed by atoms with van der Waals surface area (Å²) in [6.07, 6.45) is 4.83. The zero-order chi connectivity index (χ0) is 31.0. The van der Waals surface area contributed by atoms with Gasteiger partial charge in [-0.3, -0.25) is 9.78 Å². The van der Waals surface area contributed by atoms with Gasteiger partial charge in [-0.1, -0.05) is 35.9 Å². The molecule has 0 atom stereocenters. The Morgan fingerprint density at radius 3 is 2.56 bits per heavy atom. The molecule has 3 aromatic carbocycles. The number of benzene rings is 3. The molecular formula is C35H32ClN7O2. The third-order valence-corrected chi connectivity index (χ3v) is 8.73. The second-order valence-corrected chi connectivity index (χ2v) is 12.0. The first-order chi connectivity index (χ1) is 21.8. The third-order valence-electron chi connectivity index (χ3n) is 8.48. The van der Waals surface area contributed by atoms with E-state index in [0.29, 0.717) is 49.0 Å². The van der Waals surface area contributed by atoms with E-state index in [2.05, 4.69) is 26.4 Å². The molecule has 0 saturated carbocycles. The van der Waals surface area contributed by atoms with Gasteiger partial charge in [-0.2, -0.15) is 4.98 Å². The van der Waals surface area contributed by atoms with Crippen LogP contribution in [-0.4, -0.2) is 55.6 Å². The predicted octanol–water partition coefficient (Wildman–Crippen LogP) is 6.43. The van der Waals surface area contributed by atoms with Gasteiger partial charge in [0.05, 0.1) is 16.8 Å². The number of anilines is 3. The Kier molecular flexibility index (Phi) is 7.56. The molecule has 1 saturated heterocycles. The highest BCUT2D eigenvalue weighted by Gasteiger charge is 2.34. The molecule has 1 fully saturated rings. The molecule has 1 aliphatic heterocycles. The molecule has 0 bridgehead atoms. The van der Waals surface area contributed by atoms with E-state index in [9.17, 15) is 9.90 Å². The first kappa shape index (κ1) is 28.8. The lowest BCUT2D eigenvalue weighted by Gasteiger charge is -2.39. The molecule has 1 aliphatic rings. The van der Waals surface area contributed by atoms with Crippen LogP contribution in [0.15, 0.2) is 103 Å². The monoisotopic (exact) mass is 617 g/mol. The Balaban J connectivity index is 1.01. The summed E-state index contributed by atoms with van der Waals surface area (Å²) in [6, 6.07) is 28.8. The van der Waals surface area contributed by atoms with Crippen molar-refractivity contribution in [2.75, 3.05) is 30.4 Å². The van der Waals surface area contributed by atoms with Gasteiger partial charge in [-0.25, -0.2) is 4.52 Å². The topological polar surface area (TPSA) is 98.9 Å². The van der Waals surface area contributed by atoms with E-state index in [1.54, 1.807) is 22.7 Å². The lowest BCUT2D eigenvalue weighted by atomic mass is 9.84. The standard InChI is InChI=1S/C35H32ClN7O2/c1-41(23-24-6-15-30-26(22-24)4-2-18-37-30)33(44)25-7-13-29(14-8-25)38-34-39-32-31(5-3-19-43(32)40-34)42-20-16-35(45,17-21-42)27-9-11-28(36)12-10-27/h2-15,18-19,22,45H,16-17,20-21,23H2,1H3,(H,38,40). The quantitative estimate of drug-likeness (QED) is 0.213. The fourth-order valence-corrected chi connectivity index (χ4v) is 6.10. The van der Waals surface area contributed by atoms with Gasteiger partial charge in [0.25, 0.3) is 5.91 Å². The minimum Gasteiger partial charge on any atom is -0.385 e. The molecule has 0 aliphatic carbocycles. The summed E-state index contributed by atoms with van der Waals surface area (Å²) in [4.78, 5) is 26.3. The number of nitrogens with one attached hydrogen (secondary N) is 1. The Hall–Kier alpha value is -4.99. The number of rotatable bonds is 7. The van der Waals surface area contributed by atoms with Gasteiger partial charge in [0.2, 0.25) is 5.95 Å². The van der Waals surface area contributed by atoms with Crippen molar-refractivity contribution in [3.05, 3.63) is 125 Å². The lowest BCUT2D eigenvalue weighted by molar-refractivity contribution is 0.0118. The van der Waals surface area contributed by atoms with E-state index in [1.165, 1.54) is 0 Å².